The molecule has 2 unspecified atom stereocenters. The largest absolute Gasteiger partial charge is 0.358 e. The van der Waals surface area contributed by atoms with E-state index < -0.39 is 0 Å². The maximum Gasteiger partial charge on any atom is 0.150 e. The summed E-state index contributed by atoms with van der Waals surface area (Å²) in [5, 5.41) is 0.369. The smallest absolute Gasteiger partial charge is 0.150 e. The van der Waals surface area contributed by atoms with Crippen LogP contribution in [0.3, 0.4) is 0 Å². The lowest BCUT2D eigenvalue weighted by molar-refractivity contribution is 0.191. The zero-order valence-electron chi connectivity index (χ0n) is 6.72. The number of ether oxygens (including phenoxy) is 1. The van der Waals surface area contributed by atoms with E-state index in [1.807, 2.05) is 0 Å². The van der Waals surface area contributed by atoms with Crippen molar-refractivity contribution in [3.05, 3.63) is 0 Å². The summed E-state index contributed by atoms with van der Waals surface area (Å²) in [4.78, 5) is 0. The Kier molecular flexibility index (Phi) is 2.60. The van der Waals surface area contributed by atoms with Crippen LogP contribution < -0.4 is 0 Å². The molecule has 0 bridgehead atoms. The Balaban J connectivity index is 2.55. The van der Waals surface area contributed by atoms with Crippen LogP contribution in [0.4, 0.5) is 0 Å². The van der Waals surface area contributed by atoms with E-state index in [0.29, 0.717) is 5.16 Å². The van der Waals surface area contributed by atoms with Gasteiger partial charge in [0.25, 0.3) is 0 Å². The standard InChI is InChI=1S/C7H14ClOP/c1-7(2,3)10-5-4-9-6(10)8/h6H,4-5H2,1-3H3. The molecular weight excluding hydrogens is 167 g/mol. The molecule has 10 heavy (non-hydrogen) atoms. The van der Waals surface area contributed by atoms with Crippen LogP contribution in [0, 0.1) is 0 Å². The topological polar surface area (TPSA) is 9.23 Å². The minimum absolute atomic E-state index is 0.00926. The monoisotopic (exact) mass is 180 g/mol. The Morgan fingerprint density at radius 2 is 2.10 bits per heavy atom. The summed E-state index contributed by atoms with van der Waals surface area (Å²) in [6.07, 6.45) is 1.17. The molecule has 2 atom stereocenters. The highest BCUT2D eigenvalue weighted by Crippen LogP contribution is 2.57. The summed E-state index contributed by atoms with van der Waals surface area (Å²) in [7, 11) is -0.104. The van der Waals surface area contributed by atoms with Crippen molar-refractivity contribution in [1.29, 1.82) is 0 Å². The van der Waals surface area contributed by atoms with Crippen LogP contribution in [0.1, 0.15) is 20.8 Å². The Hall–Kier alpha value is 0.680. The number of halogens is 1. The van der Waals surface area contributed by atoms with Crippen LogP contribution in [0.25, 0.3) is 0 Å². The van der Waals surface area contributed by atoms with E-state index >= 15 is 0 Å². The van der Waals surface area contributed by atoms with Gasteiger partial charge in [-0.3, -0.25) is 0 Å². The molecule has 1 nitrogen and oxygen atoms in total. The first-order valence-electron chi connectivity index (χ1n) is 3.54. The summed E-state index contributed by atoms with van der Waals surface area (Å²) >= 11 is 5.97. The fourth-order valence-corrected chi connectivity index (χ4v) is 4.41. The van der Waals surface area contributed by atoms with Gasteiger partial charge in [-0.2, -0.15) is 0 Å². The molecule has 0 aliphatic carbocycles. The third-order valence-corrected chi connectivity index (χ3v) is 5.55. The molecule has 1 aliphatic rings. The molecule has 1 aliphatic heterocycles. The van der Waals surface area contributed by atoms with Gasteiger partial charge in [0.2, 0.25) is 0 Å². The average molecular weight is 181 g/mol. The summed E-state index contributed by atoms with van der Waals surface area (Å²) in [5.41, 5.74) is 0. The maximum absolute atomic E-state index is 5.97. The lowest BCUT2D eigenvalue weighted by Gasteiger charge is -2.28. The van der Waals surface area contributed by atoms with Crippen LogP contribution in [-0.2, 0) is 4.74 Å². The summed E-state index contributed by atoms with van der Waals surface area (Å²) in [6, 6.07) is 0. The lowest BCUT2D eigenvalue weighted by Crippen LogP contribution is -2.15. The van der Waals surface area contributed by atoms with Gasteiger partial charge in [-0.05, 0) is 11.3 Å². The fraction of sp³-hybridized carbons (Fsp3) is 1.00. The molecule has 1 fully saturated rings. The number of rotatable bonds is 0. The van der Waals surface area contributed by atoms with Crippen LogP contribution in [0.2, 0.25) is 0 Å². The molecule has 60 valence electrons. The quantitative estimate of drug-likeness (QED) is 0.412. The molecule has 0 saturated carbocycles. The minimum Gasteiger partial charge on any atom is -0.358 e. The third kappa shape index (κ3) is 1.84. The van der Waals surface area contributed by atoms with Crippen molar-refractivity contribution in [3.8, 4) is 0 Å². The predicted molar refractivity (Wildman–Crippen MR) is 47.1 cm³/mol. The van der Waals surface area contributed by atoms with E-state index in [4.69, 9.17) is 16.3 Å². The van der Waals surface area contributed by atoms with E-state index in [1.54, 1.807) is 0 Å². The van der Waals surface area contributed by atoms with Gasteiger partial charge >= 0.3 is 0 Å². The first-order valence-corrected chi connectivity index (χ1v) is 5.57. The van der Waals surface area contributed by atoms with E-state index in [1.165, 1.54) is 6.16 Å². The van der Waals surface area contributed by atoms with Gasteiger partial charge in [0, 0.05) is 0 Å². The molecule has 0 aromatic rings. The van der Waals surface area contributed by atoms with Crippen LogP contribution >= 0.6 is 19.5 Å². The zero-order valence-corrected chi connectivity index (χ0v) is 8.38. The van der Waals surface area contributed by atoms with Gasteiger partial charge in [0.05, 0.1) is 6.61 Å². The van der Waals surface area contributed by atoms with Gasteiger partial charge < -0.3 is 4.74 Å². The molecule has 0 amide bonds. The number of hydrogen-bond donors (Lipinski definition) is 0. The Labute approximate surface area is 68.8 Å². The fourth-order valence-electron chi connectivity index (χ4n) is 1.08. The molecule has 0 N–H and O–H groups in total. The van der Waals surface area contributed by atoms with Crippen LogP contribution in [0.5, 0.6) is 0 Å². The number of alkyl halides is 1. The summed E-state index contributed by atoms with van der Waals surface area (Å²) < 4.78 is 5.29. The molecule has 0 aromatic carbocycles. The Morgan fingerprint density at radius 3 is 2.30 bits per heavy atom. The van der Waals surface area contributed by atoms with Gasteiger partial charge in [0.1, 0.15) is 5.30 Å². The molecule has 1 heterocycles. The van der Waals surface area contributed by atoms with Crippen molar-refractivity contribution in [2.24, 2.45) is 0 Å². The summed E-state index contributed by atoms with van der Waals surface area (Å²) in [6.45, 7) is 7.57. The highest BCUT2D eigenvalue weighted by atomic mass is 35.5. The first kappa shape index (κ1) is 8.77. The van der Waals surface area contributed by atoms with Crippen molar-refractivity contribution in [2.75, 3.05) is 12.8 Å². The van der Waals surface area contributed by atoms with Gasteiger partial charge in [-0.15, -0.1) is 0 Å². The van der Waals surface area contributed by atoms with Crippen molar-refractivity contribution in [3.63, 3.8) is 0 Å². The van der Waals surface area contributed by atoms with Crippen molar-refractivity contribution in [2.45, 2.75) is 31.2 Å². The second-order valence-corrected chi connectivity index (χ2v) is 7.43. The van der Waals surface area contributed by atoms with Gasteiger partial charge in [-0.1, -0.05) is 40.3 Å². The minimum atomic E-state index is -0.104. The average Bonchev–Trinajstić information content (AvgIpc) is 2.11. The second kappa shape index (κ2) is 2.97. The normalized spacial score (nSPS) is 34.8. The molecule has 1 saturated heterocycles. The van der Waals surface area contributed by atoms with Gasteiger partial charge in [-0.25, -0.2) is 0 Å². The second-order valence-electron chi connectivity index (χ2n) is 3.53. The highest BCUT2D eigenvalue weighted by Gasteiger charge is 2.34. The molecular formula is C7H14ClOP. The molecule has 1 rings (SSSR count). The van der Waals surface area contributed by atoms with E-state index in [0.717, 1.165) is 6.61 Å². The Morgan fingerprint density at radius 1 is 1.50 bits per heavy atom. The predicted octanol–water partition coefficient (Wildman–Crippen LogP) is 2.82. The van der Waals surface area contributed by atoms with Crippen molar-refractivity contribution >= 4 is 19.5 Å². The van der Waals surface area contributed by atoms with E-state index in [2.05, 4.69) is 20.8 Å². The molecule has 3 heteroatoms. The summed E-state index contributed by atoms with van der Waals surface area (Å²) in [5.74, 6) is 0. The van der Waals surface area contributed by atoms with Gasteiger partial charge in [0.15, 0.2) is 0 Å². The first-order chi connectivity index (χ1) is 4.52. The molecule has 0 aromatic heterocycles. The SMILES string of the molecule is CC(C)(C)P1CCOC1Cl. The molecule has 0 spiro atoms. The lowest BCUT2D eigenvalue weighted by atomic mass is 10.3. The highest BCUT2D eigenvalue weighted by molar-refractivity contribution is 7.61. The number of hydrogen-bond acceptors (Lipinski definition) is 1. The Bertz CT molecular complexity index is 121. The maximum atomic E-state index is 5.97. The van der Waals surface area contributed by atoms with E-state index in [-0.39, 0.29) is 13.2 Å². The van der Waals surface area contributed by atoms with Crippen molar-refractivity contribution in [1.82, 2.24) is 0 Å². The molecule has 0 radical (unpaired) electrons. The van der Waals surface area contributed by atoms with Crippen molar-refractivity contribution < 1.29 is 4.74 Å². The van der Waals surface area contributed by atoms with Crippen LogP contribution in [-0.4, -0.2) is 23.2 Å². The third-order valence-electron chi connectivity index (χ3n) is 1.69. The van der Waals surface area contributed by atoms with Crippen LogP contribution in [0.15, 0.2) is 0 Å². The zero-order chi connectivity index (χ0) is 7.78. The van der Waals surface area contributed by atoms with E-state index in [9.17, 15) is 0 Å².